The van der Waals surface area contributed by atoms with Gasteiger partial charge in [-0.05, 0) is 205 Å². The highest BCUT2D eigenvalue weighted by Crippen LogP contribution is 2.39. The van der Waals surface area contributed by atoms with Crippen molar-refractivity contribution in [1.29, 1.82) is 0 Å². The van der Waals surface area contributed by atoms with Crippen molar-refractivity contribution in [3.63, 3.8) is 0 Å². The standard InChI is InChI=1S/C46H46.C2H6/c1-27-17-43(18-28(2)34(27)8)45-26-39(16-31(5)36(45)10)42-24-40(37-14-12-11-13-15-37)23-41(25-42)38-21-32(6)46(33(7)22-38)44-19-29(3)35(9)30(4)20-44;1-2/h11-26H,1-10H3;1-2H3. The molecule has 0 aromatic heterocycles. The zero-order chi connectivity index (χ0) is 34.9. The molecule has 6 rings (SSSR count). The maximum atomic E-state index is 2.40. The van der Waals surface area contributed by atoms with E-state index in [1.54, 1.807) is 0 Å². The SMILES string of the molecule is CC.Cc1cc(-c2cc(-c3cc(-c4ccccc4)cc(-c4cc(C)c(-c5cc(C)c(C)c(C)c5)c(C)c4)c3)cc(C)c2C)cc(C)c1C. The molecule has 0 heterocycles. The molecule has 244 valence electrons. The first-order valence-electron chi connectivity index (χ1n) is 17.5. The summed E-state index contributed by atoms with van der Waals surface area (Å²) < 4.78 is 0. The molecule has 6 aromatic carbocycles. The van der Waals surface area contributed by atoms with Gasteiger partial charge in [-0.2, -0.15) is 0 Å². The van der Waals surface area contributed by atoms with Crippen LogP contribution in [0.5, 0.6) is 0 Å². The third-order valence-corrected chi connectivity index (χ3v) is 10.4. The van der Waals surface area contributed by atoms with Crippen LogP contribution in [0, 0.1) is 69.2 Å². The summed E-state index contributed by atoms with van der Waals surface area (Å²) in [6.45, 7) is 26.4. The van der Waals surface area contributed by atoms with Gasteiger partial charge in [-0.3, -0.25) is 0 Å². The Labute approximate surface area is 290 Å². The Morgan fingerprint density at radius 2 is 0.604 bits per heavy atom. The van der Waals surface area contributed by atoms with Crippen LogP contribution in [0.15, 0.2) is 97.1 Å². The highest BCUT2D eigenvalue weighted by atomic mass is 14.2. The molecule has 0 heteroatoms. The van der Waals surface area contributed by atoms with Crippen molar-refractivity contribution in [3.8, 4) is 55.6 Å². The van der Waals surface area contributed by atoms with E-state index >= 15 is 0 Å². The van der Waals surface area contributed by atoms with Crippen molar-refractivity contribution in [2.24, 2.45) is 0 Å². The monoisotopic (exact) mass is 628 g/mol. The molecule has 0 aliphatic carbocycles. The van der Waals surface area contributed by atoms with E-state index < -0.39 is 0 Å². The van der Waals surface area contributed by atoms with Crippen LogP contribution in [0.4, 0.5) is 0 Å². The van der Waals surface area contributed by atoms with Gasteiger partial charge < -0.3 is 0 Å². The van der Waals surface area contributed by atoms with Crippen LogP contribution in [0.1, 0.15) is 69.5 Å². The average molecular weight is 629 g/mol. The molecule has 0 saturated heterocycles. The minimum atomic E-state index is 1.23. The van der Waals surface area contributed by atoms with E-state index in [-0.39, 0.29) is 0 Å². The van der Waals surface area contributed by atoms with Gasteiger partial charge in [0.05, 0.1) is 0 Å². The molecule has 0 amide bonds. The van der Waals surface area contributed by atoms with Gasteiger partial charge in [0.1, 0.15) is 0 Å². The number of hydrogen-bond acceptors (Lipinski definition) is 0. The lowest BCUT2D eigenvalue weighted by molar-refractivity contribution is 1.26. The van der Waals surface area contributed by atoms with E-state index in [0.717, 1.165) is 0 Å². The third-order valence-electron chi connectivity index (χ3n) is 10.4. The van der Waals surface area contributed by atoms with Crippen molar-refractivity contribution >= 4 is 0 Å². The zero-order valence-electron chi connectivity index (χ0n) is 31.2. The van der Waals surface area contributed by atoms with Crippen molar-refractivity contribution in [2.75, 3.05) is 0 Å². The average Bonchev–Trinajstić information content (AvgIpc) is 3.07. The maximum absolute atomic E-state index is 2.40. The predicted octanol–water partition coefficient (Wildman–Crippen LogP) is 14.1. The second kappa shape index (κ2) is 14.2. The molecule has 0 radical (unpaired) electrons. The second-order valence-electron chi connectivity index (χ2n) is 13.6. The smallest absolute Gasteiger partial charge is 0.0125 e. The van der Waals surface area contributed by atoms with E-state index in [9.17, 15) is 0 Å². The highest BCUT2D eigenvalue weighted by molar-refractivity contribution is 5.86. The maximum Gasteiger partial charge on any atom is -0.0125 e. The fourth-order valence-corrected chi connectivity index (χ4v) is 7.04. The fourth-order valence-electron chi connectivity index (χ4n) is 7.04. The van der Waals surface area contributed by atoms with E-state index in [0.29, 0.717) is 0 Å². The first-order valence-corrected chi connectivity index (χ1v) is 17.5. The van der Waals surface area contributed by atoms with Crippen LogP contribution in [0.3, 0.4) is 0 Å². The summed E-state index contributed by atoms with van der Waals surface area (Å²) >= 11 is 0. The van der Waals surface area contributed by atoms with Gasteiger partial charge in [0.25, 0.3) is 0 Å². The van der Waals surface area contributed by atoms with Crippen LogP contribution < -0.4 is 0 Å². The Bertz CT molecular complexity index is 2050. The van der Waals surface area contributed by atoms with Crippen LogP contribution in [-0.4, -0.2) is 0 Å². The molecular formula is C48H52. The Morgan fingerprint density at radius 3 is 1.08 bits per heavy atom. The molecule has 0 atom stereocenters. The molecule has 6 aromatic rings. The predicted molar refractivity (Wildman–Crippen MR) is 212 cm³/mol. The Kier molecular flexibility index (Phi) is 10.3. The normalized spacial score (nSPS) is 10.9. The van der Waals surface area contributed by atoms with Gasteiger partial charge in [0, 0.05) is 0 Å². The van der Waals surface area contributed by atoms with Gasteiger partial charge in [0.15, 0.2) is 0 Å². The minimum absolute atomic E-state index is 1.23. The van der Waals surface area contributed by atoms with E-state index in [4.69, 9.17) is 0 Å². The first-order chi connectivity index (χ1) is 22.9. The highest BCUT2D eigenvalue weighted by Gasteiger charge is 2.15. The summed E-state index contributed by atoms with van der Waals surface area (Å²) in [5, 5.41) is 0. The van der Waals surface area contributed by atoms with Crippen LogP contribution >= 0.6 is 0 Å². The molecule has 0 aliphatic heterocycles. The molecule has 0 aliphatic rings. The number of hydrogen-bond donors (Lipinski definition) is 0. The molecule has 0 fully saturated rings. The summed E-state index contributed by atoms with van der Waals surface area (Å²) in [5.41, 5.74) is 26.1. The van der Waals surface area contributed by atoms with Crippen molar-refractivity contribution in [3.05, 3.63) is 153 Å². The van der Waals surface area contributed by atoms with Gasteiger partial charge in [-0.25, -0.2) is 0 Å². The van der Waals surface area contributed by atoms with Crippen molar-refractivity contribution in [2.45, 2.75) is 83.1 Å². The lowest BCUT2D eigenvalue weighted by Gasteiger charge is -2.18. The summed E-state index contributed by atoms with van der Waals surface area (Å²) in [5.74, 6) is 0. The van der Waals surface area contributed by atoms with Crippen molar-refractivity contribution in [1.82, 2.24) is 0 Å². The Hall–Kier alpha value is -4.68. The van der Waals surface area contributed by atoms with Crippen LogP contribution in [-0.2, 0) is 0 Å². The summed E-state index contributed by atoms with van der Waals surface area (Å²) in [6.07, 6.45) is 0. The first kappa shape index (κ1) is 34.6. The van der Waals surface area contributed by atoms with Crippen LogP contribution in [0.2, 0.25) is 0 Å². The van der Waals surface area contributed by atoms with Gasteiger partial charge in [-0.1, -0.05) is 86.6 Å². The number of aryl methyl sites for hydroxylation is 7. The topological polar surface area (TPSA) is 0 Å². The lowest BCUT2D eigenvalue weighted by Crippen LogP contribution is -1.95. The van der Waals surface area contributed by atoms with Gasteiger partial charge in [-0.15, -0.1) is 0 Å². The molecule has 0 unspecified atom stereocenters. The molecule has 48 heavy (non-hydrogen) atoms. The molecular weight excluding hydrogens is 577 g/mol. The summed E-state index contributed by atoms with van der Waals surface area (Å²) in [6, 6.07) is 36.8. The van der Waals surface area contributed by atoms with E-state index in [1.807, 2.05) is 13.8 Å². The Balaban J connectivity index is 0.00000221. The van der Waals surface area contributed by atoms with Crippen LogP contribution in [0.25, 0.3) is 55.6 Å². The molecule has 0 nitrogen and oxygen atoms in total. The largest absolute Gasteiger partial charge is 0.0683 e. The summed E-state index contributed by atoms with van der Waals surface area (Å²) in [4.78, 5) is 0. The molecule has 0 saturated carbocycles. The van der Waals surface area contributed by atoms with Crippen molar-refractivity contribution < 1.29 is 0 Å². The summed E-state index contributed by atoms with van der Waals surface area (Å²) in [7, 11) is 0. The van der Waals surface area contributed by atoms with E-state index in [1.165, 1.54) is 111 Å². The molecule has 0 bridgehead atoms. The fraction of sp³-hybridized carbons (Fsp3) is 0.250. The minimum Gasteiger partial charge on any atom is -0.0683 e. The zero-order valence-corrected chi connectivity index (χ0v) is 31.2. The Morgan fingerprint density at radius 1 is 0.271 bits per heavy atom. The van der Waals surface area contributed by atoms with E-state index in [2.05, 4.69) is 166 Å². The quantitative estimate of drug-likeness (QED) is 0.178. The van der Waals surface area contributed by atoms with Gasteiger partial charge >= 0.3 is 0 Å². The number of benzene rings is 6. The second-order valence-corrected chi connectivity index (χ2v) is 13.6. The lowest BCUT2D eigenvalue weighted by atomic mass is 9.86. The molecule has 0 spiro atoms. The third kappa shape index (κ3) is 6.81. The number of rotatable bonds is 5. The van der Waals surface area contributed by atoms with Gasteiger partial charge in [0.2, 0.25) is 0 Å². The molecule has 0 N–H and O–H groups in total.